The molecule has 1 atom stereocenters. The third kappa shape index (κ3) is 2.52. The van der Waals surface area contributed by atoms with Crippen molar-refractivity contribution in [3.63, 3.8) is 0 Å². The van der Waals surface area contributed by atoms with Crippen molar-refractivity contribution in [3.8, 4) is 0 Å². The van der Waals surface area contributed by atoms with E-state index in [0.717, 1.165) is 17.3 Å². The minimum atomic E-state index is -0.605. The van der Waals surface area contributed by atoms with Crippen LogP contribution in [0.5, 0.6) is 0 Å². The fraction of sp³-hybridized carbons (Fsp3) is 0.500. The zero-order valence-electron chi connectivity index (χ0n) is 9.05. The fourth-order valence-electron chi connectivity index (χ4n) is 2.14. The van der Waals surface area contributed by atoms with Gasteiger partial charge in [0.15, 0.2) is 0 Å². The molecule has 0 spiro atoms. The molecule has 2 N–H and O–H groups in total. The van der Waals surface area contributed by atoms with E-state index in [1.807, 2.05) is 19.9 Å². The van der Waals surface area contributed by atoms with Gasteiger partial charge in [-0.05, 0) is 44.4 Å². The molecule has 0 amide bonds. The van der Waals surface area contributed by atoms with Gasteiger partial charge in [0, 0.05) is 16.2 Å². The van der Waals surface area contributed by atoms with E-state index in [1.165, 1.54) is 11.3 Å². The van der Waals surface area contributed by atoms with Gasteiger partial charge in [-0.25, -0.2) is 0 Å². The van der Waals surface area contributed by atoms with Gasteiger partial charge in [0.05, 0.1) is 5.60 Å². The van der Waals surface area contributed by atoms with Crippen LogP contribution in [0.4, 0.5) is 5.69 Å². The first-order chi connectivity index (χ1) is 6.96. The van der Waals surface area contributed by atoms with Crippen LogP contribution < -0.4 is 5.32 Å². The summed E-state index contributed by atoms with van der Waals surface area (Å²) < 4.78 is 1.16. The lowest BCUT2D eigenvalue weighted by molar-refractivity contribution is 0.0663. The molecule has 1 aliphatic rings. The fourth-order valence-corrected chi connectivity index (χ4v) is 2.67. The van der Waals surface area contributed by atoms with Crippen LogP contribution in [0.3, 0.4) is 0 Å². The smallest absolute Gasteiger partial charge is 0.0611 e. The maximum atomic E-state index is 9.77. The molecule has 0 aliphatic carbocycles. The van der Waals surface area contributed by atoms with Gasteiger partial charge < -0.3 is 10.4 Å². The van der Waals surface area contributed by atoms with E-state index in [4.69, 9.17) is 0 Å². The second-order valence-corrected chi connectivity index (χ2v) is 5.68. The third-order valence-corrected chi connectivity index (χ3v) is 3.42. The first kappa shape index (κ1) is 11.0. The zero-order valence-corrected chi connectivity index (χ0v) is 10.6. The molecule has 1 heterocycles. The Morgan fingerprint density at radius 1 is 1.53 bits per heavy atom. The Hall–Kier alpha value is -0.540. The number of halogens is 1. The summed E-state index contributed by atoms with van der Waals surface area (Å²) in [6.45, 7) is 3.71. The van der Waals surface area contributed by atoms with E-state index in [0.29, 0.717) is 6.04 Å². The predicted molar refractivity (Wildman–Crippen MR) is 66.2 cm³/mol. The van der Waals surface area contributed by atoms with Crippen molar-refractivity contribution in [2.45, 2.75) is 38.3 Å². The minimum Gasteiger partial charge on any atom is -0.390 e. The Kier molecular flexibility index (Phi) is 2.77. The molecule has 0 saturated heterocycles. The van der Waals surface area contributed by atoms with Crippen LogP contribution in [0.1, 0.15) is 25.8 Å². The molecule has 2 nitrogen and oxygen atoms in total. The zero-order chi connectivity index (χ0) is 11.1. The SMILES string of the molecule is CC(C)(O)CC1Cc2c(Br)cccc2N1. The molecule has 0 bridgehead atoms. The lowest BCUT2D eigenvalue weighted by Gasteiger charge is -2.22. The van der Waals surface area contributed by atoms with Gasteiger partial charge in [0.2, 0.25) is 0 Å². The van der Waals surface area contributed by atoms with Gasteiger partial charge in [-0.1, -0.05) is 22.0 Å². The van der Waals surface area contributed by atoms with Crippen molar-refractivity contribution < 1.29 is 5.11 Å². The number of aliphatic hydroxyl groups is 1. The molecule has 0 fully saturated rings. The Morgan fingerprint density at radius 2 is 2.27 bits per heavy atom. The van der Waals surface area contributed by atoms with Gasteiger partial charge in [-0.2, -0.15) is 0 Å². The highest BCUT2D eigenvalue weighted by Crippen LogP contribution is 2.34. The number of rotatable bonds is 2. The van der Waals surface area contributed by atoms with Gasteiger partial charge >= 0.3 is 0 Å². The normalized spacial score (nSPS) is 19.9. The Balaban J connectivity index is 2.13. The molecule has 1 aromatic carbocycles. The van der Waals surface area contributed by atoms with Crippen molar-refractivity contribution in [1.29, 1.82) is 0 Å². The Labute approximate surface area is 98.8 Å². The molecule has 2 rings (SSSR count). The highest BCUT2D eigenvalue weighted by molar-refractivity contribution is 9.10. The van der Waals surface area contributed by atoms with Gasteiger partial charge in [-0.15, -0.1) is 0 Å². The monoisotopic (exact) mass is 269 g/mol. The van der Waals surface area contributed by atoms with Crippen LogP contribution >= 0.6 is 15.9 Å². The van der Waals surface area contributed by atoms with E-state index in [2.05, 4.69) is 33.4 Å². The Bertz CT molecular complexity index is 370. The maximum absolute atomic E-state index is 9.77. The standard InChI is InChI=1S/C12H16BrNO/c1-12(2,15)7-8-6-9-10(13)4-3-5-11(9)14-8/h3-5,8,14-15H,6-7H2,1-2H3. The molecule has 1 aromatic rings. The van der Waals surface area contributed by atoms with Crippen LogP contribution in [0.15, 0.2) is 22.7 Å². The summed E-state index contributed by atoms with van der Waals surface area (Å²) in [5, 5.41) is 13.2. The molecule has 0 saturated carbocycles. The molecule has 1 unspecified atom stereocenters. The van der Waals surface area contributed by atoms with Crippen molar-refractivity contribution in [2.75, 3.05) is 5.32 Å². The molecule has 15 heavy (non-hydrogen) atoms. The highest BCUT2D eigenvalue weighted by atomic mass is 79.9. The molecule has 82 valence electrons. The predicted octanol–water partition coefficient (Wildman–Crippen LogP) is 2.95. The van der Waals surface area contributed by atoms with E-state index < -0.39 is 5.60 Å². The van der Waals surface area contributed by atoms with E-state index >= 15 is 0 Å². The van der Waals surface area contributed by atoms with Crippen molar-refractivity contribution >= 4 is 21.6 Å². The van der Waals surface area contributed by atoms with Crippen LogP contribution in [0, 0.1) is 0 Å². The molecular weight excluding hydrogens is 254 g/mol. The topological polar surface area (TPSA) is 32.3 Å². The average molecular weight is 270 g/mol. The summed E-state index contributed by atoms with van der Waals surface area (Å²) in [4.78, 5) is 0. The first-order valence-corrected chi connectivity index (χ1v) is 6.01. The van der Waals surface area contributed by atoms with Crippen molar-refractivity contribution in [2.24, 2.45) is 0 Å². The lowest BCUT2D eigenvalue weighted by Crippen LogP contribution is -2.29. The average Bonchev–Trinajstić information content (AvgIpc) is 2.45. The molecule has 1 aliphatic heterocycles. The molecule has 3 heteroatoms. The molecular formula is C12H16BrNO. The lowest BCUT2D eigenvalue weighted by atomic mass is 9.97. The number of hydrogen-bond donors (Lipinski definition) is 2. The summed E-state index contributed by atoms with van der Waals surface area (Å²) in [5.41, 5.74) is 1.91. The number of benzene rings is 1. The molecule has 0 radical (unpaired) electrons. The van der Waals surface area contributed by atoms with Crippen LogP contribution in [-0.2, 0) is 6.42 Å². The summed E-state index contributed by atoms with van der Waals surface area (Å²) in [6, 6.07) is 6.53. The Morgan fingerprint density at radius 3 is 2.87 bits per heavy atom. The van der Waals surface area contributed by atoms with Crippen LogP contribution in [-0.4, -0.2) is 16.7 Å². The number of nitrogens with one attached hydrogen (secondary N) is 1. The highest BCUT2D eigenvalue weighted by Gasteiger charge is 2.27. The summed E-state index contributed by atoms with van der Waals surface area (Å²) in [5.74, 6) is 0. The van der Waals surface area contributed by atoms with Gasteiger partial charge in [0.25, 0.3) is 0 Å². The second-order valence-electron chi connectivity index (χ2n) is 4.83. The van der Waals surface area contributed by atoms with E-state index in [1.54, 1.807) is 0 Å². The quantitative estimate of drug-likeness (QED) is 0.866. The number of anilines is 1. The van der Waals surface area contributed by atoms with Gasteiger partial charge in [0.1, 0.15) is 0 Å². The largest absolute Gasteiger partial charge is 0.390 e. The second kappa shape index (κ2) is 3.80. The number of hydrogen-bond acceptors (Lipinski definition) is 2. The summed E-state index contributed by atoms with van der Waals surface area (Å²) >= 11 is 3.55. The first-order valence-electron chi connectivity index (χ1n) is 5.22. The van der Waals surface area contributed by atoms with Crippen molar-refractivity contribution in [3.05, 3.63) is 28.2 Å². The summed E-state index contributed by atoms with van der Waals surface area (Å²) in [6.07, 6.45) is 1.76. The van der Waals surface area contributed by atoms with E-state index in [-0.39, 0.29) is 0 Å². The third-order valence-electron chi connectivity index (χ3n) is 2.67. The van der Waals surface area contributed by atoms with Crippen LogP contribution in [0.2, 0.25) is 0 Å². The number of fused-ring (bicyclic) bond motifs is 1. The minimum absolute atomic E-state index is 0.346. The van der Waals surface area contributed by atoms with Crippen molar-refractivity contribution in [1.82, 2.24) is 0 Å². The molecule has 0 aromatic heterocycles. The van der Waals surface area contributed by atoms with Crippen LogP contribution in [0.25, 0.3) is 0 Å². The maximum Gasteiger partial charge on any atom is 0.0611 e. The van der Waals surface area contributed by atoms with Gasteiger partial charge in [-0.3, -0.25) is 0 Å². The van der Waals surface area contributed by atoms with E-state index in [9.17, 15) is 5.11 Å². The summed E-state index contributed by atoms with van der Waals surface area (Å²) in [7, 11) is 0.